The zero-order chi connectivity index (χ0) is 14.8. The Balaban J connectivity index is 1.58. The van der Waals surface area contributed by atoms with Gasteiger partial charge in [0.05, 0.1) is 11.7 Å². The summed E-state index contributed by atoms with van der Waals surface area (Å²) in [6.45, 7) is 6.94. The molecular weight excluding hydrogens is 284 g/mol. The second-order valence-electron chi connectivity index (χ2n) is 5.82. The number of rotatable bonds is 5. The number of thiazole rings is 1. The van der Waals surface area contributed by atoms with Crippen LogP contribution in [0.3, 0.4) is 0 Å². The standard InChI is InChI=1S/C15H22N4OS/c1-9-11(3)21-13(17-9)8-16-10(2)15-18-14(19-20-15)12-6-4-5-7-12/h10,12,16H,4-8H2,1-3H3. The fourth-order valence-electron chi connectivity index (χ4n) is 2.72. The molecular formula is C15H22N4OS. The molecule has 0 bridgehead atoms. The molecule has 1 saturated carbocycles. The number of aryl methyl sites for hydroxylation is 2. The summed E-state index contributed by atoms with van der Waals surface area (Å²) in [5, 5.41) is 8.67. The third kappa shape index (κ3) is 3.32. The van der Waals surface area contributed by atoms with Crippen LogP contribution >= 0.6 is 11.3 Å². The molecule has 1 aliphatic rings. The van der Waals surface area contributed by atoms with Crippen LogP contribution in [-0.2, 0) is 6.54 Å². The lowest BCUT2D eigenvalue weighted by molar-refractivity contribution is 0.334. The topological polar surface area (TPSA) is 63.8 Å². The first kappa shape index (κ1) is 14.7. The van der Waals surface area contributed by atoms with E-state index >= 15 is 0 Å². The smallest absolute Gasteiger partial charge is 0.243 e. The van der Waals surface area contributed by atoms with Crippen molar-refractivity contribution in [1.82, 2.24) is 20.4 Å². The van der Waals surface area contributed by atoms with E-state index in [4.69, 9.17) is 4.52 Å². The Kier molecular flexibility index (Phi) is 4.35. The zero-order valence-electron chi connectivity index (χ0n) is 12.8. The molecule has 0 spiro atoms. The second kappa shape index (κ2) is 6.23. The number of hydrogen-bond acceptors (Lipinski definition) is 6. The van der Waals surface area contributed by atoms with Crippen LogP contribution in [0.1, 0.15) is 71.9 Å². The van der Waals surface area contributed by atoms with Crippen LogP contribution in [0.5, 0.6) is 0 Å². The van der Waals surface area contributed by atoms with Crippen molar-refractivity contribution in [2.45, 2.75) is 65.0 Å². The molecule has 1 aliphatic carbocycles. The maximum Gasteiger partial charge on any atom is 0.243 e. The van der Waals surface area contributed by atoms with E-state index in [1.807, 2.05) is 6.92 Å². The van der Waals surface area contributed by atoms with Crippen molar-refractivity contribution in [2.75, 3.05) is 0 Å². The van der Waals surface area contributed by atoms with Crippen LogP contribution in [0.4, 0.5) is 0 Å². The lowest BCUT2D eigenvalue weighted by Gasteiger charge is -2.07. The van der Waals surface area contributed by atoms with Gasteiger partial charge in [-0.05, 0) is 33.6 Å². The maximum absolute atomic E-state index is 5.42. The predicted octanol–water partition coefficient (Wildman–Crippen LogP) is 3.65. The Morgan fingerprint density at radius 1 is 1.29 bits per heavy atom. The van der Waals surface area contributed by atoms with Gasteiger partial charge in [-0.1, -0.05) is 18.0 Å². The summed E-state index contributed by atoms with van der Waals surface area (Å²) in [4.78, 5) is 10.4. The van der Waals surface area contributed by atoms with E-state index in [0.29, 0.717) is 11.8 Å². The largest absolute Gasteiger partial charge is 0.338 e. The van der Waals surface area contributed by atoms with Crippen LogP contribution in [0, 0.1) is 13.8 Å². The summed E-state index contributed by atoms with van der Waals surface area (Å²) >= 11 is 1.74. The van der Waals surface area contributed by atoms with Crippen molar-refractivity contribution in [2.24, 2.45) is 0 Å². The fourth-order valence-corrected chi connectivity index (χ4v) is 3.60. The summed E-state index contributed by atoms with van der Waals surface area (Å²) < 4.78 is 5.42. The Morgan fingerprint density at radius 3 is 2.71 bits per heavy atom. The quantitative estimate of drug-likeness (QED) is 0.913. The molecule has 6 heteroatoms. The summed E-state index contributed by atoms with van der Waals surface area (Å²) in [5.74, 6) is 2.07. The van der Waals surface area contributed by atoms with Gasteiger partial charge < -0.3 is 4.52 Å². The van der Waals surface area contributed by atoms with E-state index in [1.54, 1.807) is 11.3 Å². The van der Waals surface area contributed by atoms with Crippen molar-refractivity contribution in [1.29, 1.82) is 0 Å². The molecule has 1 N–H and O–H groups in total. The molecule has 0 aromatic carbocycles. The van der Waals surface area contributed by atoms with Crippen LogP contribution in [-0.4, -0.2) is 15.1 Å². The third-order valence-corrected chi connectivity index (χ3v) is 5.25. The predicted molar refractivity (Wildman–Crippen MR) is 82.3 cm³/mol. The average Bonchev–Trinajstić information content (AvgIpc) is 3.17. The van der Waals surface area contributed by atoms with Crippen molar-refractivity contribution < 1.29 is 4.52 Å². The molecule has 2 aromatic heterocycles. The first-order valence-electron chi connectivity index (χ1n) is 7.63. The van der Waals surface area contributed by atoms with Gasteiger partial charge in [0.2, 0.25) is 5.89 Å². The Labute approximate surface area is 129 Å². The van der Waals surface area contributed by atoms with Gasteiger partial charge in [0.25, 0.3) is 0 Å². The molecule has 114 valence electrons. The molecule has 0 aliphatic heterocycles. The molecule has 0 radical (unpaired) electrons. The number of aromatic nitrogens is 3. The highest BCUT2D eigenvalue weighted by Crippen LogP contribution is 2.32. The minimum Gasteiger partial charge on any atom is -0.338 e. The van der Waals surface area contributed by atoms with Gasteiger partial charge in [-0.3, -0.25) is 5.32 Å². The van der Waals surface area contributed by atoms with Crippen LogP contribution in [0.2, 0.25) is 0 Å². The van der Waals surface area contributed by atoms with E-state index in [2.05, 4.69) is 34.3 Å². The maximum atomic E-state index is 5.42. The van der Waals surface area contributed by atoms with Gasteiger partial charge in [0, 0.05) is 17.3 Å². The Bertz CT molecular complexity index is 581. The van der Waals surface area contributed by atoms with E-state index in [-0.39, 0.29) is 6.04 Å². The molecule has 2 heterocycles. The number of nitrogens with zero attached hydrogens (tertiary/aromatic N) is 3. The van der Waals surface area contributed by atoms with Crippen molar-refractivity contribution in [3.63, 3.8) is 0 Å². The van der Waals surface area contributed by atoms with Crippen LogP contribution < -0.4 is 5.32 Å². The molecule has 1 atom stereocenters. The SMILES string of the molecule is Cc1nc(CNC(C)c2nc(C3CCCC3)no2)sc1C. The van der Waals surface area contributed by atoms with Gasteiger partial charge in [-0.2, -0.15) is 4.98 Å². The molecule has 1 fully saturated rings. The van der Waals surface area contributed by atoms with Crippen molar-refractivity contribution >= 4 is 11.3 Å². The Hall–Kier alpha value is -1.27. The molecule has 3 rings (SSSR count). The van der Waals surface area contributed by atoms with E-state index < -0.39 is 0 Å². The first-order valence-corrected chi connectivity index (χ1v) is 8.45. The summed E-state index contributed by atoms with van der Waals surface area (Å²) in [7, 11) is 0. The normalized spacial score (nSPS) is 17.5. The zero-order valence-corrected chi connectivity index (χ0v) is 13.7. The van der Waals surface area contributed by atoms with Gasteiger partial charge in [0.1, 0.15) is 5.01 Å². The number of nitrogens with one attached hydrogen (secondary N) is 1. The molecule has 0 amide bonds. The number of hydrogen-bond donors (Lipinski definition) is 1. The highest BCUT2D eigenvalue weighted by Gasteiger charge is 2.23. The minimum atomic E-state index is 0.0529. The highest BCUT2D eigenvalue weighted by atomic mass is 32.1. The monoisotopic (exact) mass is 306 g/mol. The molecule has 21 heavy (non-hydrogen) atoms. The molecule has 2 aromatic rings. The van der Waals surface area contributed by atoms with Crippen molar-refractivity contribution in [3.05, 3.63) is 27.3 Å². The summed E-state index contributed by atoms with van der Waals surface area (Å²) in [5.41, 5.74) is 1.12. The average molecular weight is 306 g/mol. The lowest BCUT2D eigenvalue weighted by Crippen LogP contribution is -2.18. The Morgan fingerprint density at radius 2 is 2.05 bits per heavy atom. The van der Waals surface area contributed by atoms with Crippen molar-refractivity contribution in [3.8, 4) is 0 Å². The fraction of sp³-hybridized carbons (Fsp3) is 0.667. The molecule has 1 unspecified atom stereocenters. The molecule has 0 saturated heterocycles. The minimum absolute atomic E-state index is 0.0529. The summed E-state index contributed by atoms with van der Waals surface area (Å²) in [6, 6.07) is 0.0529. The molecule has 5 nitrogen and oxygen atoms in total. The second-order valence-corrected chi connectivity index (χ2v) is 7.11. The lowest BCUT2D eigenvalue weighted by atomic mass is 10.1. The van der Waals surface area contributed by atoms with Gasteiger partial charge in [0.15, 0.2) is 5.82 Å². The van der Waals surface area contributed by atoms with Gasteiger partial charge in [-0.15, -0.1) is 11.3 Å². The summed E-state index contributed by atoms with van der Waals surface area (Å²) in [6.07, 6.45) is 4.95. The van der Waals surface area contributed by atoms with Crippen LogP contribution in [0.15, 0.2) is 4.52 Å². The highest BCUT2D eigenvalue weighted by molar-refractivity contribution is 7.11. The van der Waals surface area contributed by atoms with E-state index in [9.17, 15) is 0 Å². The van der Waals surface area contributed by atoms with E-state index in [0.717, 1.165) is 23.1 Å². The van der Waals surface area contributed by atoms with Gasteiger partial charge in [-0.25, -0.2) is 4.98 Å². The third-order valence-electron chi connectivity index (χ3n) is 4.18. The van der Waals surface area contributed by atoms with E-state index in [1.165, 1.54) is 30.6 Å². The first-order chi connectivity index (χ1) is 10.1. The van der Waals surface area contributed by atoms with Crippen LogP contribution in [0.25, 0.3) is 0 Å². The van der Waals surface area contributed by atoms with Gasteiger partial charge >= 0.3 is 0 Å².